The predicted molar refractivity (Wildman–Crippen MR) is 160 cm³/mol. The van der Waals surface area contributed by atoms with Gasteiger partial charge in [0.2, 0.25) is 0 Å². The van der Waals surface area contributed by atoms with Crippen molar-refractivity contribution < 1.29 is 18.9 Å². The van der Waals surface area contributed by atoms with E-state index in [0.29, 0.717) is 77.6 Å². The summed E-state index contributed by atoms with van der Waals surface area (Å²) in [6, 6.07) is 12.1. The second-order valence-corrected chi connectivity index (χ2v) is 11.4. The van der Waals surface area contributed by atoms with Crippen LogP contribution in [0.25, 0.3) is 22.1 Å². The molecule has 8 bridgehead atoms. The Hall–Kier alpha value is -3.17. The van der Waals surface area contributed by atoms with Gasteiger partial charge in [0, 0.05) is 56.5 Å². The minimum atomic E-state index is 0.561. The zero-order chi connectivity index (χ0) is 28.6. The first kappa shape index (κ1) is 28.9. The summed E-state index contributed by atoms with van der Waals surface area (Å²) >= 11 is 1.55. The maximum Gasteiger partial charge on any atom is 0.156 e. The van der Waals surface area contributed by atoms with Crippen molar-refractivity contribution in [2.45, 2.75) is 13.1 Å². The molecule has 13 heteroatoms. The molecule has 0 unspecified atom stereocenters. The average Bonchev–Trinajstić information content (AvgIpc) is 3.76. The first-order chi connectivity index (χ1) is 20.7. The van der Waals surface area contributed by atoms with Crippen LogP contribution in [-0.2, 0) is 32.0 Å². The molecule has 0 spiro atoms. The van der Waals surface area contributed by atoms with E-state index in [1.54, 1.807) is 11.3 Å². The van der Waals surface area contributed by atoms with Crippen molar-refractivity contribution in [3.8, 4) is 22.1 Å². The minimum Gasteiger partial charge on any atom is -0.391 e. The molecule has 0 aromatic carbocycles. The quantitative estimate of drug-likeness (QED) is 0.352. The monoisotopic (exact) mass is 594 g/mol. The third-order valence-corrected chi connectivity index (χ3v) is 8.15. The van der Waals surface area contributed by atoms with E-state index in [9.17, 15) is 0 Å². The number of nitrogen functional groups attached to an aromatic ring is 1. The number of hydrogen-bond donors (Lipinski definition) is 1. The maximum atomic E-state index is 6.08. The van der Waals surface area contributed by atoms with Gasteiger partial charge in [-0.25, -0.2) is 14.3 Å². The summed E-state index contributed by atoms with van der Waals surface area (Å²) in [5.74, 6) is 1.42. The zero-order valence-electron chi connectivity index (χ0n) is 23.8. The van der Waals surface area contributed by atoms with Crippen molar-refractivity contribution >= 4 is 16.3 Å². The second-order valence-electron chi connectivity index (χ2n) is 10.3. The Balaban J connectivity index is 1.37. The van der Waals surface area contributed by atoms with E-state index in [-0.39, 0.29) is 0 Å². The Morgan fingerprint density at radius 2 is 1.10 bits per heavy atom. The SMILES string of the molecule is Nc1ccc(-c2cc3nc(c2)-n2ccc(n2)CN2CCOCCOCCN(CCOCCOCC2)Cc2ccn-3n2)s1. The molecule has 4 aromatic heterocycles. The molecule has 224 valence electrons. The van der Waals surface area contributed by atoms with Crippen LogP contribution in [-0.4, -0.2) is 113 Å². The molecule has 12 nitrogen and oxygen atoms in total. The number of thiophene rings is 1. The Kier molecular flexibility index (Phi) is 9.87. The molecule has 0 amide bonds. The van der Waals surface area contributed by atoms with Gasteiger partial charge >= 0.3 is 0 Å². The lowest BCUT2D eigenvalue weighted by molar-refractivity contribution is 0.00597. The highest BCUT2D eigenvalue weighted by molar-refractivity contribution is 7.19. The summed E-state index contributed by atoms with van der Waals surface area (Å²) in [5.41, 5.74) is 8.97. The third-order valence-electron chi connectivity index (χ3n) is 7.19. The molecule has 3 aliphatic rings. The lowest BCUT2D eigenvalue weighted by Crippen LogP contribution is -2.33. The summed E-state index contributed by atoms with van der Waals surface area (Å²) in [6.45, 7) is 9.07. The van der Waals surface area contributed by atoms with E-state index in [1.165, 1.54) is 0 Å². The Morgan fingerprint density at radius 1 is 0.619 bits per heavy atom. The molecule has 3 aliphatic heterocycles. The van der Waals surface area contributed by atoms with Crippen LogP contribution in [0.4, 0.5) is 5.00 Å². The third kappa shape index (κ3) is 7.81. The Labute approximate surface area is 249 Å². The number of fused-ring (bicyclic) bond motifs is 14. The standard InChI is InChI=1S/C29H38N8O4S/c30-27-2-1-26(42-27)23-19-28-31-29(20-23)37-6-4-25(33-37)22-35-9-13-40-17-15-38-11-7-34(21-24-3-5-36(28)32-24)8-12-39-16-18-41-14-10-35/h1-6,19-20H,7-18,21-22,30H2. The van der Waals surface area contributed by atoms with Crippen LogP contribution >= 0.6 is 11.3 Å². The topological polar surface area (TPSA) is 118 Å². The van der Waals surface area contributed by atoms with Gasteiger partial charge in [-0.3, -0.25) is 9.80 Å². The molecule has 7 rings (SSSR count). The second kappa shape index (κ2) is 14.3. The van der Waals surface area contributed by atoms with Gasteiger partial charge in [0.05, 0.1) is 69.2 Å². The number of anilines is 1. The molecular weight excluding hydrogens is 556 g/mol. The van der Waals surface area contributed by atoms with Crippen molar-refractivity contribution in [2.75, 3.05) is 84.8 Å². The molecule has 0 aliphatic carbocycles. The van der Waals surface area contributed by atoms with Crippen molar-refractivity contribution in [3.05, 3.63) is 60.2 Å². The van der Waals surface area contributed by atoms with E-state index in [2.05, 4.69) is 9.80 Å². The smallest absolute Gasteiger partial charge is 0.156 e. The first-order valence-electron chi connectivity index (χ1n) is 14.4. The van der Waals surface area contributed by atoms with Gasteiger partial charge in [0.1, 0.15) is 0 Å². The van der Waals surface area contributed by atoms with Gasteiger partial charge < -0.3 is 24.7 Å². The summed E-state index contributed by atoms with van der Waals surface area (Å²) in [5, 5.41) is 10.6. The fraction of sp³-hybridized carbons (Fsp3) is 0.483. The van der Waals surface area contributed by atoms with E-state index < -0.39 is 0 Å². The Bertz CT molecular complexity index is 1320. The van der Waals surface area contributed by atoms with E-state index in [0.717, 1.165) is 53.0 Å². The van der Waals surface area contributed by atoms with E-state index in [4.69, 9.17) is 39.9 Å². The minimum absolute atomic E-state index is 0.561. The van der Waals surface area contributed by atoms with Gasteiger partial charge in [-0.1, -0.05) is 0 Å². The number of ether oxygens (including phenoxy) is 4. The molecule has 4 aromatic rings. The highest BCUT2D eigenvalue weighted by Crippen LogP contribution is 2.31. The first-order valence-corrected chi connectivity index (χ1v) is 15.2. The summed E-state index contributed by atoms with van der Waals surface area (Å²) in [7, 11) is 0. The summed E-state index contributed by atoms with van der Waals surface area (Å²) < 4.78 is 27.3. The largest absolute Gasteiger partial charge is 0.391 e. The van der Waals surface area contributed by atoms with Crippen LogP contribution in [0.5, 0.6) is 0 Å². The fourth-order valence-electron chi connectivity index (χ4n) is 4.95. The van der Waals surface area contributed by atoms with E-state index in [1.807, 2.05) is 58.2 Å². The van der Waals surface area contributed by atoms with E-state index >= 15 is 0 Å². The van der Waals surface area contributed by atoms with Crippen LogP contribution in [0.3, 0.4) is 0 Å². The van der Waals surface area contributed by atoms with Gasteiger partial charge in [0.15, 0.2) is 11.6 Å². The van der Waals surface area contributed by atoms with Crippen LogP contribution in [0.1, 0.15) is 11.4 Å². The summed E-state index contributed by atoms with van der Waals surface area (Å²) in [6.07, 6.45) is 3.91. The number of rotatable bonds is 1. The zero-order valence-corrected chi connectivity index (χ0v) is 24.6. The summed E-state index contributed by atoms with van der Waals surface area (Å²) in [4.78, 5) is 10.6. The molecule has 42 heavy (non-hydrogen) atoms. The Morgan fingerprint density at radius 3 is 1.52 bits per heavy atom. The molecule has 0 saturated carbocycles. The van der Waals surface area contributed by atoms with Gasteiger partial charge in [-0.05, 0) is 42.0 Å². The lowest BCUT2D eigenvalue weighted by Gasteiger charge is -2.23. The van der Waals surface area contributed by atoms with Crippen LogP contribution in [0, 0.1) is 0 Å². The van der Waals surface area contributed by atoms with Crippen molar-refractivity contribution in [3.63, 3.8) is 0 Å². The van der Waals surface area contributed by atoms with Gasteiger partial charge in [0.25, 0.3) is 0 Å². The van der Waals surface area contributed by atoms with Crippen molar-refractivity contribution in [2.24, 2.45) is 0 Å². The van der Waals surface area contributed by atoms with Crippen LogP contribution in [0.2, 0.25) is 0 Å². The fourth-order valence-corrected chi connectivity index (χ4v) is 5.71. The van der Waals surface area contributed by atoms with Gasteiger partial charge in [-0.15, -0.1) is 11.3 Å². The van der Waals surface area contributed by atoms with Gasteiger partial charge in [-0.2, -0.15) is 10.2 Å². The molecule has 7 heterocycles. The van der Waals surface area contributed by atoms with Crippen molar-refractivity contribution in [1.29, 1.82) is 0 Å². The molecule has 1 saturated heterocycles. The lowest BCUT2D eigenvalue weighted by atomic mass is 10.2. The highest BCUT2D eigenvalue weighted by atomic mass is 32.1. The number of pyridine rings is 1. The molecular formula is C29H38N8O4S. The van der Waals surface area contributed by atoms with Crippen molar-refractivity contribution in [1.82, 2.24) is 34.3 Å². The maximum absolute atomic E-state index is 6.08. The molecule has 0 radical (unpaired) electrons. The number of aromatic nitrogens is 5. The van der Waals surface area contributed by atoms with Crippen LogP contribution < -0.4 is 5.73 Å². The highest BCUT2D eigenvalue weighted by Gasteiger charge is 2.15. The molecule has 2 N–H and O–H groups in total. The number of nitrogens with two attached hydrogens (primary N) is 1. The number of nitrogens with zero attached hydrogens (tertiary/aromatic N) is 7. The predicted octanol–water partition coefficient (Wildman–Crippen LogP) is 2.46. The number of hydrogen-bond acceptors (Lipinski definition) is 11. The molecule has 0 atom stereocenters. The normalized spacial score (nSPS) is 21.6. The molecule has 1 fully saturated rings. The van der Waals surface area contributed by atoms with Crippen LogP contribution in [0.15, 0.2) is 48.8 Å². The average molecular weight is 595 g/mol.